The van der Waals surface area contributed by atoms with Crippen LogP contribution >= 0.6 is 15.9 Å². The van der Waals surface area contributed by atoms with Crippen molar-refractivity contribution in [3.05, 3.63) is 52.5 Å². The van der Waals surface area contributed by atoms with E-state index in [0.717, 1.165) is 10.0 Å². The molecular weight excluding hydrogens is 320 g/mol. The summed E-state index contributed by atoms with van der Waals surface area (Å²) in [7, 11) is 0. The number of para-hydroxylation sites is 2. The first-order valence-electron chi connectivity index (χ1n) is 6.09. The Kier molecular flexibility index (Phi) is 4.63. The van der Waals surface area contributed by atoms with E-state index in [1.54, 1.807) is 6.07 Å². The van der Waals surface area contributed by atoms with Gasteiger partial charge in [-0.3, -0.25) is 4.79 Å². The van der Waals surface area contributed by atoms with E-state index in [9.17, 15) is 4.79 Å². The lowest BCUT2D eigenvalue weighted by molar-refractivity contribution is -0.114. The minimum Gasteiger partial charge on any atom is -0.487 e. The van der Waals surface area contributed by atoms with Gasteiger partial charge in [0.2, 0.25) is 5.91 Å². The van der Waals surface area contributed by atoms with Crippen molar-refractivity contribution in [1.29, 1.82) is 0 Å². The molecule has 4 nitrogen and oxygen atoms in total. The van der Waals surface area contributed by atoms with E-state index in [0.29, 0.717) is 23.7 Å². The molecule has 104 valence electrons. The fraction of sp³-hybridized carbons (Fsp3) is 0.133. The van der Waals surface area contributed by atoms with Gasteiger partial charge in [0.1, 0.15) is 12.4 Å². The average Bonchev–Trinajstić information content (AvgIpc) is 2.41. The van der Waals surface area contributed by atoms with Crippen molar-refractivity contribution in [1.82, 2.24) is 0 Å². The minimum atomic E-state index is -0.131. The lowest BCUT2D eigenvalue weighted by Crippen LogP contribution is -2.07. The van der Waals surface area contributed by atoms with Crippen LogP contribution in [0.5, 0.6) is 5.75 Å². The molecule has 2 aromatic carbocycles. The van der Waals surface area contributed by atoms with Gasteiger partial charge in [0.05, 0.1) is 5.69 Å². The predicted molar refractivity (Wildman–Crippen MR) is 83.6 cm³/mol. The summed E-state index contributed by atoms with van der Waals surface area (Å²) in [6.45, 7) is 1.85. The Morgan fingerprint density at radius 1 is 1.30 bits per heavy atom. The van der Waals surface area contributed by atoms with Gasteiger partial charge in [-0.2, -0.15) is 0 Å². The van der Waals surface area contributed by atoms with Crippen LogP contribution < -0.4 is 15.8 Å². The SMILES string of the molecule is CC(=O)Nc1ccccc1OCc1ccc(Br)c(N)c1. The lowest BCUT2D eigenvalue weighted by atomic mass is 10.2. The highest BCUT2D eigenvalue weighted by molar-refractivity contribution is 9.10. The normalized spacial score (nSPS) is 10.1. The second-order valence-corrected chi connectivity index (χ2v) is 5.18. The maximum Gasteiger partial charge on any atom is 0.221 e. The van der Waals surface area contributed by atoms with Gasteiger partial charge in [0, 0.05) is 17.1 Å². The molecule has 0 atom stereocenters. The summed E-state index contributed by atoms with van der Waals surface area (Å²) in [6, 6.07) is 13.0. The zero-order valence-corrected chi connectivity index (χ0v) is 12.6. The zero-order chi connectivity index (χ0) is 14.5. The number of hydrogen-bond donors (Lipinski definition) is 2. The number of hydrogen-bond acceptors (Lipinski definition) is 3. The Labute approximate surface area is 126 Å². The summed E-state index contributed by atoms with van der Waals surface area (Å²) in [5, 5.41) is 2.73. The third-order valence-corrected chi connectivity index (χ3v) is 3.37. The number of carbonyl (C=O) groups is 1. The topological polar surface area (TPSA) is 64.3 Å². The van der Waals surface area contributed by atoms with Crippen LogP contribution in [0.2, 0.25) is 0 Å². The second-order valence-electron chi connectivity index (χ2n) is 4.32. The molecule has 0 aliphatic rings. The molecule has 2 rings (SSSR count). The Bertz CT molecular complexity index is 629. The highest BCUT2D eigenvalue weighted by Gasteiger charge is 2.05. The van der Waals surface area contributed by atoms with Crippen LogP contribution in [0.3, 0.4) is 0 Å². The molecule has 0 unspecified atom stereocenters. The molecule has 0 aliphatic carbocycles. The largest absolute Gasteiger partial charge is 0.487 e. The maximum absolute atomic E-state index is 11.1. The highest BCUT2D eigenvalue weighted by atomic mass is 79.9. The molecule has 0 heterocycles. The zero-order valence-electron chi connectivity index (χ0n) is 11.0. The van der Waals surface area contributed by atoms with Crippen molar-refractivity contribution in [2.24, 2.45) is 0 Å². The fourth-order valence-electron chi connectivity index (χ4n) is 1.73. The first-order valence-corrected chi connectivity index (χ1v) is 6.89. The summed E-state index contributed by atoms with van der Waals surface area (Å²) >= 11 is 3.35. The summed E-state index contributed by atoms with van der Waals surface area (Å²) in [5.74, 6) is 0.498. The molecule has 2 aromatic rings. The average molecular weight is 335 g/mol. The van der Waals surface area contributed by atoms with Crippen LogP contribution in [0.4, 0.5) is 11.4 Å². The fourth-order valence-corrected chi connectivity index (χ4v) is 1.98. The Morgan fingerprint density at radius 3 is 2.75 bits per heavy atom. The summed E-state index contributed by atoms with van der Waals surface area (Å²) in [5.41, 5.74) is 8.11. The van der Waals surface area contributed by atoms with Crippen molar-refractivity contribution in [2.75, 3.05) is 11.1 Å². The molecule has 1 amide bonds. The van der Waals surface area contributed by atoms with E-state index in [-0.39, 0.29) is 5.91 Å². The number of nitrogens with two attached hydrogens (primary N) is 1. The van der Waals surface area contributed by atoms with E-state index in [4.69, 9.17) is 10.5 Å². The Balaban J connectivity index is 2.10. The van der Waals surface area contributed by atoms with Crippen molar-refractivity contribution in [3.63, 3.8) is 0 Å². The monoisotopic (exact) mass is 334 g/mol. The van der Waals surface area contributed by atoms with Crippen molar-refractivity contribution >= 4 is 33.2 Å². The highest BCUT2D eigenvalue weighted by Crippen LogP contribution is 2.26. The third-order valence-electron chi connectivity index (χ3n) is 2.65. The summed E-state index contributed by atoms with van der Waals surface area (Å²) in [6.07, 6.45) is 0. The smallest absolute Gasteiger partial charge is 0.221 e. The van der Waals surface area contributed by atoms with Crippen LogP contribution in [0.15, 0.2) is 46.9 Å². The van der Waals surface area contributed by atoms with Gasteiger partial charge in [-0.05, 0) is 45.8 Å². The molecule has 5 heteroatoms. The predicted octanol–water partition coefficient (Wildman–Crippen LogP) is 3.57. The van der Waals surface area contributed by atoms with Crippen LogP contribution in [-0.4, -0.2) is 5.91 Å². The second kappa shape index (κ2) is 6.43. The molecule has 0 aromatic heterocycles. The van der Waals surface area contributed by atoms with E-state index >= 15 is 0 Å². The standard InChI is InChI=1S/C15H15BrN2O2/c1-10(19)18-14-4-2-3-5-15(14)20-9-11-6-7-12(16)13(17)8-11/h2-8H,9,17H2,1H3,(H,18,19). The van der Waals surface area contributed by atoms with E-state index in [2.05, 4.69) is 21.2 Å². The van der Waals surface area contributed by atoms with Gasteiger partial charge in [-0.1, -0.05) is 18.2 Å². The number of carbonyl (C=O) groups excluding carboxylic acids is 1. The Hall–Kier alpha value is -2.01. The summed E-state index contributed by atoms with van der Waals surface area (Å²) < 4.78 is 6.59. The number of amides is 1. The van der Waals surface area contributed by atoms with Gasteiger partial charge >= 0.3 is 0 Å². The molecule has 0 fully saturated rings. The number of halogens is 1. The molecule has 3 N–H and O–H groups in total. The molecule has 20 heavy (non-hydrogen) atoms. The van der Waals surface area contributed by atoms with Crippen LogP contribution in [0, 0.1) is 0 Å². The Morgan fingerprint density at radius 2 is 2.05 bits per heavy atom. The minimum absolute atomic E-state index is 0.131. The summed E-state index contributed by atoms with van der Waals surface area (Å²) in [4.78, 5) is 11.1. The van der Waals surface area contributed by atoms with Gasteiger partial charge in [-0.25, -0.2) is 0 Å². The van der Waals surface area contributed by atoms with Gasteiger partial charge < -0.3 is 15.8 Å². The van der Waals surface area contributed by atoms with Gasteiger partial charge in [0.15, 0.2) is 0 Å². The number of nitrogens with one attached hydrogen (secondary N) is 1. The van der Waals surface area contributed by atoms with Gasteiger partial charge in [0.25, 0.3) is 0 Å². The van der Waals surface area contributed by atoms with Crippen LogP contribution in [0.25, 0.3) is 0 Å². The van der Waals surface area contributed by atoms with E-state index < -0.39 is 0 Å². The molecule has 0 radical (unpaired) electrons. The molecule has 0 saturated carbocycles. The number of nitrogen functional groups attached to an aromatic ring is 1. The van der Waals surface area contributed by atoms with Crippen LogP contribution in [0.1, 0.15) is 12.5 Å². The molecule has 0 saturated heterocycles. The molecule has 0 bridgehead atoms. The van der Waals surface area contributed by atoms with Crippen LogP contribution in [-0.2, 0) is 11.4 Å². The van der Waals surface area contributed by atoms with Crippen molar-refractivity contribution < 1.29 is 9.53 Å². The number of anilines is 2. The van der Waals surface area contributed by atoms with E-state index in [1.807, 2.05) is 36.4 Å². The maximum atomic E-state index is 11.1. The molecule has 0 spiro atoms. The van der Waals surface area contributed by atoms with Gasteiger partial charge in [-0.15, -0.1) is 0 Å². The third kappa shape index (κ3) is 3.74. The first kappa shape index (κ1) is 14.4. The van der Waals surface area contributed by atoms with E-state index in [1.165, 1.54) is 6.92 Å². The van der Waals surface area contributed by atoms with Crippen molar-refractivity contribution in [2.45, 2.75) is 13.5 Å². The quantitative estimate of drug-likeness (QED) is 0.840. The van der Waals surface area contributed by atoms with Crippen molar-refractivity contribution in [3.8, 4) is 5.75 Å². The molecular formula is C15H15BrN2O2. The molecule has 0 aliphatic heterocycles. The number of rotatable bonds is 4. The first-order chi connectivity index (χ1) is 9.56. The number of benzene rings is 2. The number of ether oxygens (including phenoxy) is 1. The lowest BCUT2D eigenvalue weighted by Gasteiger charge is -2.12.